The minimum absolute atomic E-state index is 0.107. The molecule has 2 aromatic carbocycles. The first-order valence-electron chi connectivity index (χ1n) is 6.73. The lowest BCUT2D eigenvalue weighted by Gasteiger charge is -2.06. The fourth-order valence-electron chi connectivity index (χ4n) is 2.03. The Morgan fingerprint density at radius 2 is 2.00 bits per heavy atom. The number of fused-ring (bicyclic) bond motifs is 1. The van der Waals surface area contributed by atoms with Crippen LogP contribution in [-0.2, 0) is 0 Å². The van der Waals surface area contributed by atoms with Gasteiger partial charge in [0.2, 0.25) is 6.79 Å². The van der Waals surface area contributed by atoms with Crippen LogP contribution in [0.2, 0.25) is 0 Å². The molecule has 0 fully saturated rings. The molecule has 0 spiro atoms. The molecule has 24 heavy (non-hydrogen) atoms. The Kier molecular flexibility index (Phi) is 3.98. The predicted octanol–water partition coefficient (Wildman–Crippen LogP) is 1.16. The Balaban J connectivity index is 1.66. The van der Waals surface area contributed by atoms with Crippen LogP contribution in [0.25, 0.3) is 0 Å². The molecule has 0 radical (unpaired) electrons. The third-order valence-corrected chi connectivity index (χ3v) is 3.20. The lowest BCUT2D eigenvalue weighted by molar-refractivity contribution is -0.398. The second kappa shape index (κ2) is 6.24. The molecule has 1 amide bonds. The van der Waals surface area contributed by atoms with Crippen LogP contribution >= 0.6 is 0 Å². The van der Waals surface area contributed by atoms with Crippen molar-refractivity contribution in [3.63, 3.8) is 0 Å². The highest BCUT2D eigenvalue weighted by Gasteiger charge is 2.15. The zero-order valence-corrected chi connectivity index (χ0v) is 12.1. The van der Waals surface area contributed by atoms with Crippen molar-refractivity contribution in [1.29, 1.82) is 0 Å². The number of hydrogen-bond acceptors (Lipinski definition) is 7. The van der Waals surface area contributed by atoms with Gasteiger partial charge in [-0.2, -0.15) is 5.10 Å². The van der Waals surface area contributed by atoms with E-state index in [1.165, 1.54) is 18.3 Å². The second-order valence-electron chi connectivity index (χ2n) is 4.75. The average Bonchev–Trinajstić information content (AvgIpc) is 3.02. The monoisotopic (exact) mass is 328 g/mol. The van der Waals surface area contributed by atoms with E-state index in [0.29, 0.717) is 22.6 Å². The number of hydrogen-bond donors (Lipinski definition) is 1. The maximum atomic E-state index is 12.0. The fourth-order valence-corrected chi connectivity index (χ4v) is 2.03. The predicted molar refractivity (Wildman–Crippen MR) is 80.2 cm³/mol. The summed E-state index contributed by atoms with van der Waals surface area (Å²) in [7, 11) is 0. The van der Waals surface area contributed by atoms with E-state index in [0.717, 1.165) is 12.1 Å². The molecular formula is C15H10N3O6-. The van der Waals surface area contributed by atoms with Crippen LogP contribution in [0.4, 0.5) is 5.69 Å². The van der Waals surface area contributed by atoms with Crippen molar-refractivity contribution in [3.05, 3.63) is 57.6 Å². The number of benzene rings is 2. The van der Waals surface area contributed by atoms with Gasteiger partial charge in [-0.05, 0) is 35.6 Å². The molecule has 122 valence electrons. The molecule has 0 saturated carbocycles. The van der Waals surface area contributed by atoms with Gasteiger partial charge < -0.3 is 14.6 Å². The smallest absolute Gasteiger partial charge is 0.271 e. The van der Waals surface area contributed by atoms with Gasteiger partial charge in [0.05, 0.1) is 11.1 Å². The van der Waals surface area contributed by atoms with Crippen molar-refractivity contribution in [2.75, 3.05) is 6.79 Å². The summed E-state index contributed by atoms with van der Waals surface area (Å²) in [4.78, 5) is 21.8. The number of hydrazone groups is 1. The Hall–Kier alpha value is -3.62. The minimum atomic E-state index is -0.759. The summed E-state index contributed by atoms with van der Waals surface area (Å²) in [5.74, 6) is -0.179. The van der Waals surface area contributed by atoms with Crippen LogP contribution in [0.3, 0.4) is 0 Å². The number of nitrogens with one attached hydrogen (secondary N) is 1. The molecule has 1 heterocycles. The van der Waals surface area contributed by atoms with E-state index in [2.05, 4.69) is 10.5 Å². The number of carbonyl (C=O) groups excluding carboxylic acids is 1. The van der Waals surface area contributed by atoms with Crippen LogP contribution < -0.4 is 20.0 Å². The molecule has 1 aliphatic rings. The van der Waals surface area contributed by atoms with Crippen molar-refractivity contribution in [2.45, 2.75) is 0 Å². The number of carbonyl (C=O) groups is 1. The Labute approximate surface area is 135 Å². The van der Waals surface area contributed by atoms with E-state index in [-0.39, 0.29) is 6.79 Å². The van der Waals surface area contributed by atoms with E-state index in [4.69, 9.17) is 9.47 Å². The molecule has 0 aromatic heterocycles. The Bertz CT molecular complexity index is 849. The number of amides is 1. The summed E-state index contributed by atoms with van der Waals surface area (Å²) < 4.78 is 10.3. The van der Waals surface area contributed by atoms with Gasteiger partial charge in [0, 0.05) is 11.6 Å². The van der Waals surface area contributed by atoms with Gasteiger partial charge in [-0.1, -0.05) is 6.07 Å². The van der Waals surface area contributed by atoms with Gasteiger partial charge in [0.15, 0.2) is 11.5 Å². The van der Waals surface area contributed by atoms with Crippen molar-refractivity contribution in [2.24, 2.45) is 5.10 Å². The summed E-state index contributed by atoms with van der Waals surface area (Å²) in [5, 5.41) is 25.8. The zero-order chi connectivity index (χ0) is 17.1. The van der Waals surface area contributed by atoms with E-state index in [1.807, 2.05) is 0 Å². The third-order valence-electron chi connectivity index (χ3n) is 3.20. The molecule has 0 unspecified atom stereocenters. The van der Waals surface area contributed by atoms with Gasteiger partial charge in [-0.15, -0.1) is 0 Å². The van der Waals surface area contributed by atoms with Crippen molar-refractivity contribution < 1.29 is 24.3 Å². The quantitative estimate of drug-likeness (QED) is 0.510. The Morgan fingerprint density at radius 3 is 2.75 bits per heavy atom. The van der Waals surface area contributed by atoms with Gasteiger partial charge in [0.25, 0.3) is 11.6 Å². The molecule has 9 heteroatoms. The highest BCUT2D eigenvalue weighted by atomic mass is 16.7. The highest BCUT2D eigenvalue weighted by molar-refractivity contribution is 5.95. The molecule has 1 N–H and O–H groups in total. The summed E-state index contributed by atoms with van der Waals surface area (Å²) in [6.45, 7) is 0.107. The molecule has 3 rings (SSSR count). The van der Waals surface area contributed by atoms with E-state index >= 15 is 0 Å². The standard InChI is InChI=1S/C15H11N3O6/c19-12-5-9(1-3-11(12)18(21)22)7-16-17-15(20)10-2-4-13-14(6-10)24-8-23-13/h1-7,19H,8H2,(H,17,20)/p-1/b16-7+. The largest absolute Gasteiger partial charge is 0.868 e. The normalized spacial score (nSPS) is 12.3. The fraction of sp³-hybridized carbons (Fsp3) is 0.0667. The minimum Gasteiger partial charge on any atom is -0.868 e. The maximum absolute atomic E-state index is 12.0. The first kappa shape index (κ1) is 15.3. The third kappa shape index (κ3) is 3.09. The number of nitro benzene ring substituents is 1. The van der Waals surface area contributed by atoms with Crippen LogP contribution in [0.15, 0.2) is 41.5 Å². The van der Waals surface area contributed by atoms with E-state index in [9.17, 15) is 20.0 Å². The molecule has 0 aliphatic carbocycles. The van der Waals surface area contributed by atoms with Crippen molar-refractivity contribution in [1.82, 2.24) is 5.43 Å². The molecule has 2 aromatic rings. The molecule has 0 bridgehead atoms. The highest BCUT2D eigenvalue weighted by Crippen LogP contribution is 2.32. The number of rotatable bonds is 4. The molecule has 9 nitrogen and oxygen atoms in total. The maximum Gasteiger partial charge on any atom is 0.271 e. The number of nitrogens with zero attached hydrogens (tertiary/aromatic N) is 2. The van der Waals surface area contributed by atoms with E-state index in [1.54, 1.807) is 12.1 Å². The first-order chi connectivity index (χ1) is 11.5. The number of ether oxygens (including phenoxy) is 2. The Morgan fingerprint density at radius 1 is 1.21 bits per heavy atom. The molecule has 0 atom stereocenters. The average molecular weight is 328 g/mol. The topological polar surface area (TPSA) is 126 Å². The van der Waals surface area contributed by atoms with Crippen LogP contribution in [-0.4, -0.2) is 23.8 Å². The van der Waals surface area contributed by atoms with Crippen LogP contribution in [0.1, 0.15) is 15.9 Å². The van der Waals surface area contributed by atoms with Gasteiger partial charge in [-0.3, -0.25) is 14.9 Å². The SMILES string of the molecule is O=C(N/N=C/c1ccc([N+](=O)[O-])c([O-])c1)c1ccc2c(c1)OCO2. The van der Waals surface area contributed by atoms with Crippen molar-refractivity contribution in [3.8, 4) is 17.2 Å². The molecular weight excluding hydrogens is 318 g/mol. The van der Waals surface area contributed by atoms with Gasteiger partial charge in [0.1, 0.15) is 0 Å². The van der Waals surface area contributed by atoms with Crippen LogP contribution in [0.5, 0.6) is 17.2 Å². The molecule has 1 aliphatic heterocycles. The van der Waals surface area contributed by atoms with Crippen molar-refractivity contribution >= 4 is 17.8 Å². The number of nitro groups is 1. The lowest BCUT2D eigenvalue weighted by atomic mass is 10.2. The summed E-state index contributed by atoms with van der Waals surface area (Å²) >= 11 is 0. The lowest BCUT2D eigenvalue weighted by Crippen LogP contribution is -2.17. The second-order valence-corrected chi connectivity index (χ2v) is 4.75. The van der Waals surface area contributed by atoms with Crippen LogP contribution in [0, 0.1) is 10.1 Å². The van der Waals surface area contributed by atoms with Gasteiger partial charge in [-0.25, -0.2) is 5.43 Å². The summed E-state index contributed by atoms with van der Waals surface area (Å²) in [6, 6.07) is 8.20. The van der Waals surface area contributed by atoms with Gasteiger partial charge >= 0.3 is 0 Å². The van der Waals surface area contributed by atoms with E-state index < -0.39 is 22.3 Å². The molecule has 0 saturated heterocycles. The summed E-state index contributed by atoms with van der Waals surface area (Å²) in [6.07, 6.45) is 1.22. The first-order valence-corrected chi connectivity index (χ1v) is 6.73. The summed E-state index contributed by atoms with van der Waals surface area (Å²) in [5.41, 5.74) is 2.43. The zero-order valence-electron chi connectivity index (χ0n) is 12.1.